The molecule has 2 N–H and O–H groups in total. The Kier molecular flexibility index (Phi) is 6.10. The number of fused-ring (bicyclic) bond motifs is 1. The van der Waals surface area contributed by atoms with Gasteiger partial charge in [-0.15, -0.1) is 11.3 Å². The molecule has 8 heteroatoms. The Labute approximate surface area is 195 Å². The molecule has 0 saturated heterocycles. The van der Waals surface area contributed by atoms with Gasteiger partial charge in [-0.2, -0.15) is 0 Å². The fourth-order valence-electron chi connectivity index (χ4n) is 3.59. The first-order valence-electron chi connectivity index (χ1n) is 10.8. The SMILES string of the molecule is Clc1csc(C2CC2)c1.O=CNc1cc(NCc2cn3cc(C4CC4)ccc3n2)ccn1. The smallest absolute Gasteiger partial charge is 0.212 e. The number of pyridine rings is 2. The zero-order valence-corrected chi connectivity index (χ0v) is 19.1. The predicted molar refractivity (Wildman–Crippen MR) is 130 cm³/mol. The zero-order chi connectivity index (χ0) is 21.9. The summed E-state index contributed by atoms with van der Waals surface area (Å²) < 4.78 is 2.09. The summed E-state index contributed by atoms with van der Waals surface area (Å²) in [6.07, 6.45) is 11.8. The Balaban J connectivity index is 0.000000199. The summed E-state index contributed by atoms with van der Waals surface area (Å²) in [7, 11) is 0. The molecule has 4 heterocycles. The van der Waals surface area contributed by atoms with Crippen molar-refractivity contribution in [2.24, 2.45) is 0 Å². The van der Waals surface area contributed by atoms with Gasteiger partial charge in [-0.05, 0) is 61.3 Å². The molecule has 0 aromatic carbocycles. The van der Waals surface area contributed by atoms with Crippen molar-refractivity contribution in [3.05, 3.63) is 75.5 Å². The van der Waals surface area contributed by atoms with Crippen LogP contribution in [0.4, 0.5) is 11.5 Å². The summed E-state index contributed by atoms with van der Waals surface area (Å²) in [4.78, 5) is 20.6. The van der Waals surface area contributed by atoms with Gasteiger partial charge < -0.3 is 15.0 Å². The summed E-state index contributed by atoms with van der Waals surface area (Å²) in [5.74, 6) is 2.13. The molecular formula is C24H24ClN5OS. The van der Waals surface area contributed by atoms with E-state index >= 15 is 0 Å². The van der Waals surface area contributed by atoms with Gasteiger partial charge in [0.15, 0.2) is 0 Å². The molecule has 2 fully saturated rings. The third-order valence-electron chi connectivity index (χ3n) is 5.58. The number of rotatable bonds is 7. The minimum absolute atomic E-state index is 0.522. The first-order valence-corrected chi connectivity index (χ1v) is 12.1. The van der Waals surface area contributed by atoms with Crippen LogP contribution in [0, 0.1) is 0 Å². The van der Waals surface area contributed by atoms with Crippen LogP contribution in [-0.2, 0) is 11.3 Å². The average molecular weight is 466 g/mol. The van der Waals surface area contributed by atoms with Gasteiger partial charge in [-0.3, -0.25) is 4.79 Å². The van der Waals surface area contributed by atoms with E-state index in [4.69, 9.17) is 11.6 Å². The second-order valence-electron chi connectivity index (χ2n) is 8.22. The van der Waals surface area contributed by atoms with Crippen LogP contribution in [0.25, 0.3) is 5.65 Å². The number of carbonyl (C=O) groups is 1. The summed E-state index contributed by atoms with van der Waals surface area (Å²) >= 11 is 7.53. The number of hydrogen-bond acceptors (Lipinski definition) is 5. The van der Waals surface area contributed by atoms with E-state index in [1.54, 1.807) is 23.6 Å². The van der Waals surface area contributed by atoms with Crippen LogP contribution in [0.15, 0.2) is 54.3 Å². The summed E-state index contributed by atoms with van der Waals surface area (Å²) in [5, 5.41) is 8.75. The minimum atomic E-state index is 0.522. The molecule has 4 aromatic rings. The fourth-order valence-corrected chi connectivity index (χ4v) is 4.84. The van der Waals surface area contributed by atoms with Crippen LogP contribution >= 0.6 is 22.9 Å². The number of nitrogens with one attached hydrogen (secondary N) is 2. The number of halogens is 1. The molecule has 164 valence electrons. The summed E-state index contributed by atoms with van der Waals surface area (Å²) in [6, 6.07) is 9.99. The normalized spacial score (nSPS) is 15.2. The van der Waals surface area contributed by atoms with Crippen molar-refractivity contribution in [3.8, 4) is 0 Å². The number of carbonyl (C=O) groups excluding carboxylic acids is 1. The molecule has 32 heavy (non-hydrogen) atoms. The van der Waals surface area contributed by atoms with E-state index in [9.17, 15) is 4.79 Å². The molecule has 2 aliphatic rings. The Morgan fingerprint density at radius 2 is 1.97 bits per heavy atom. The zero-order valence-electron chi connectivity index (χ0n) is 17.5. The first kappa shape index (κ1) is 21.0. The van der Waals surface area contributed by atoms with E-state index in [0.29, 0.717) is 18.8 Å². The highest BCUT2D eigenvalue weighted by atomic mass is 35.5. The lowest BCUT2D eigenvalue weighted by molar-refractivity contribution is -0.105. The maximum absolute atomic E-state index is 10.5. The molecular weight excluding hydrogens is 442 g/mol. The highest BCUT2D eigenvalue weighted by Gasteiger charge is 2.25. The van der Waals surface area contributed by atoms with Crippen LogP contribution in [-0.4, -0.2) is 20.8 Å². The van der Waals surface area contributed by atoms with Crippen molar-refractivity contribution in [1.29, 1.82) is 0 Å². The number of imidazole rings is 1. The molecule has 0 atom stereocenters. The monoisotopic (exact) mass is 465 g/mol. The van der Waals surface area contributed by atoms with E-state index < -0.39 is 0 Å². The van der Waals surface area contributed by atoms with Gasteiger partial charge >= 0.3 is 0 Å². The fraction of sp³-hybridized carbons (Fsp3) is 0.292. The van der Waals surface area contributed by atoms with Crippen molar-refractivity contribution < 1.29 is 4.79 Å². The van der Waals surface area contributed by atoms with E-state index in [-0.39, 0.29) is 0 Å². The molecule has 0 radical (unpaired) electrons. The van der Waals surface area contributed by atoms with Gasteiger partial charge in [0, 0.05) is 40.6 Å². The van der Waals surface area contributed by atoms with Crippen LogP contribution in [0.3, 0.4) is 0 Å². The molecule has 0 aliphatic heterocycles. The molecule has 6 nitrogen and oxygen atoms in total. The second kappa shape index (κ2) is 9.30. The van der Waals surface area contributed by atoms with Gasteiger partial charge in [0.25, 0.3) is 0 Å². The maximum atomic E-state index is 10.5. The lowest BCUT2D eigenvalue weighted by Crippen LogP contribution is -2.02. The molecule has 0 unspecified atom stereocenters. The van der Waals surface area contributed by atoms with Crippen LogP contribution in [0.5, 0.6) is 0 Å². The minimum Gasteiger partial charge on any atom is -0.379 e. The van der Waals surface area contributed by atoms with Crippen molar-refractivity contribution in [2.45, 2.75) is 44.1 Å². The van der Waals surface area contributed by atoms with Gasteiger partial charge in [-0.1, -0.05) is 17.7 Å². The quantitative estimate of drug-likeness (QED) is 0.325. The second-order valence-corrected chi connectivity index (χ2v) is 9.60. The third-order valence-corrected chi connectivity index (χ3v) is 7.02. The van der Waals surface area contributed by atoms with Crippen LogP contribution in [0.1, 0.15) is 53.7 Å². The molecule has 1 amide bonds. The standard InChI is InChI=1S/C17H17N5O.C7H7ClS/c23-11-20-16-7-14(5-6-18-16)19-8-15-10-22-9-13(12-1-2-12)3-4-17(22)21-15;8-6-3-7(9-4-6)5-1-2-5/h3-7,9-12H,1-2,8H2,(H2,18,19,20,23);3-5H,1-2H2. The Bertz CT molecular complexity index is 1230. The number of hydrogen-bond donors (Lipinski definition) is 2. The van der Waals surface area contributed by atoms with Gasteiger partial charge in [-0.25, -0.2) is 9.97 Å². The molecule has 4 aromatic heterocycles. The lowest BCUT2D eigenvalue weighted by atomic mass is 10.2. The molecule has 6 rings (SSSR count). The van der Waals surface area contributed by atoms with E-state index in [0.717, 1.165) is 33.9 Å². The summed E-state index contributed by atoms with van der Waals surface area (Å²) in [6.45, 7) is 0.616. The van der Waals surface area contributed by atoms with Gasteiger partial charge in [0.1, 0.15) is 11.5 Å². The molecule has 2 saturated carbocycles. The number of anilines is 2. The van der Waals surface area contributed by atoms with Crippen LogP contribution in [0.2, 0.25) is 5.02 Å². The topological polar surface area (TPSA) is 71.3 Å². The predicted octanol–water partition coefficient (Wildman–Crippen LogP) is 6.07. The molecule has 0 bridgehead atoms. The Hall–Kier alpha value is -2.90. The molecule has 2 aliphatic carbocycles. The van der Waals surface area contributed by atoms with Crippen molar-refractivity contribution in [3.63, 3.8) is 0 Å². The van der Waals surface area contributed by atoms with E-state index in [1.807, 2.05) is 11.4 Å². The largest absolute Gasteiger partial charge is 0.379 e. The lowest BCUT2D eigenvalue weighted by Gasteiger charge is -2.05. The Morgan fingerprint density at radius 3 is 2.69 bits per heavy atom. The third kappa shape index (κ3) is 5.29. The Morgan fingerprint density at radius 1 is 1.12 bits per heavy atom. The average Bonchev–Trinajstić information content (AvgIpc) is 3.73. The van der Waals surface area contributed by atoms with Crippen molar-refractivity contribution >= 4 is 46.5 Å². The number of amides is 1. The number of thiophene rings is 1. The first-order chi connectivity index (χ1) is 15.7. The molecule has 0 spiro atoms. The summed E-state index contributed by atoms with van der Waals surface area (Å²) in [5.41, 5.74) is 4.22. The highest BCUT2D eigenvalue weighted by molar-refractivity contribution is 7.10. The number of nitrogens with zero attached hydrogens (tertiary/aromatic N) is 3. The number of aromatic nitrogens is 3. The van der Waals surface area contributed by atoms with Gasteiger partial charge in [0.2, 0.25) is 6.41 Å². The van der Waals surface area contributed by atoms with E-state index in [1.165, 1.54) is 36.1 Å². The van der Waals surface area contributed by atoms with Gasteiger partial charge in [0.05, 0.1) is 17.3 Å². The van der Waals surface area contributed by atoms with E-state index in [2.05, 4.69) is 55.6 Å². The van der Waals surface area contributed by atoms with Crippen molar-refractivity contribution in [2.75, 3.05) is 10.6 Å². The van der Waals surface area contributed by atoms with Crippen molar-refractivity contribution in [1.82, 2.24) is 14.4 Å². The highest BCUT2D eigenvalue weighted by Crippen LogP contribution is 2.43. The maximum Gasteiger partial charge on any atom is 0.212 e. The van der Waals surface area contributed by atoms with Crippen LogP contribution < -0.4 is 10.6 Å².